The fraction of sp³-hybridized carbons (Fsp3) is 0.360. The van der Waals surface area contributed by atoms with Crippen LogP contribution in [0.3, 0.4) is 0 Å². The van der Waals surface area contributed by atoms with Crippen molar-refractivity contribution in [2.45, 2.75) is 38.8 Å². The van der Waals surface area contributed by atoms with Crippen molar-refractivity contribution in [3.63, 3.8) is 0 Å². The van der Waals surface area contributed by atoms with Crippen LogP contribution in [-0.2, 0) is 13.6 Å². The quantitative estimate of drug-likeness (QED) is 0.516. The van der Waals surface area contributed by atoms with Gasteiger partial charge in [-0.2, -0.15) is 5.10 Å². The highest BCUT2D eigenvalue weighted by Crippen LogP contribution is 2.39. The van der Waals surface area contributed by atoms with Gasteiger partial charge in [0.1, 0.15) is 5.69 Å². The molecule has 0 unspecified atom stereocenters. The summed E-state index contributed by atoms with van der Waals surface area (Å²) in [5.74, 6) is 1.84. The number of aryl methyl sites for hydroxylation is 1. The molecule has 2 amide bonds. The van der Waals surface area contributed by atoms with Gasteiger partial charge in [-0.3, -0.25) is 0 Å². The highest BCUT2D eigenvalue weighted by Gasteiger charge is 2.35. The summed E-state index contributed by atoms with van der Waals surface area (Å²) in [6.07, 6.45) is 2.93. The Hall–Kier alpha value is -3.48. The fourth-order valence-electron chi connectivity index (χ4n) is 3.71. The number of amides is 2. The number of para-hydroxylation sites is 2. The molecule has 1 aromatic heterocycles. The summed E-state index contributed by atoms with van der Waals surface area (Å²) in [7, 11) is 3.48. The summed E-state index contributed by atoms with van der Waals surface area (Å²) in [5.41, 5.74) is 2.67. The zero-order chi connectivity index (χ0) is 22.5. The van der Waals surface area contributed by atoms with Crippen molar-refractivity contribution in [3.05, 3.63) is 60.2 Å². The van der Waals surface area contributed by atoms with Crippen LogP contribution in [0.5, 0.6) is 17.4 Å². The summed E-state index contributed by atoms with van der Waals surface area (Å²) >= 11 is 0. The maximum Gasteiger partial charge on any atom is 0.317 e. The highest BCUT2D eigenvalue weighted by atomic mass is 16.5. The number of carbonyl (C=O) groups excluding carboxylic acids is 1. The standard InChI is InChI=1S/C25H30N4O3/c1-4-16-26-25(30)29(19-14-15-19)17-20-23(18-10-6-5-7-11-18)27-28(2)24(20)32-22-13-9-8-12-21(22)31-3/h5-13,19H,4,14-17H2,1-3H3,(H,26,30). The molecule has 3 aromatic rings. The van der Waals surface area contributed by atoms with Gasteiger partial charge in [0.05, 0.1) is 19.2 Å². The summed E-state index contributed by atoms with van der Waals surface area (Å²) in [6, 6.07) is 17.7. The topological polar surface area (TPSA) is 68.6 Å². The van der Waals surface area contributed by atoms with Gasteiger partial charge in [0.2, 0.25) is 5.88 Å². The van der Waals surface area contributed by atoms with Crippen LogP contribution in [0.15, 0.2) is 54.6 Å². The van der Waals surface area contributed by atoms with Crippen molar-refractivity contribution in [2.24, 2.45) is 7.05 Å². The van der Waals surface area contributed by atoms with Gasteiger partial charge in [-0.25, -0.2) is 9.48 Å². The first-order chi connectivity index (χ1) is 15.6. The van der Waals surface area contributed by atoms with E-state index < -0.39 is 0 Å². The average molecular weight is 435 g/mol. The van der Waals surface area contributed by atoms with Crippen molar-refractivity contribution in [3.8, 4) is 28.6 Å². The number of nitrogens with zero attached hydrogens (tertiary/aromatic N) is 3. The van der Waals surface area contributed by atoms with Crippen molar-refractivity contribution in [1.29, 1.82) is 0 Å². The average Bonchev–Trinajstić information content (AvgIpc) is 3.62. The minimum absolute atomic E-state index is 0.0412. The van der Waals surface area contributed by atoms with Gasteiger partial charge >= 0.3 is 6.03 Å². The molecule has 1 saturated carbocycles. The molecule has 4 rings (SSSR count). The zero-order valence-corrected chi connectivity index (χ0v) is 18.9. The van der Waals surface area contributed by atoms with Crippen molar-refractivity contribution < 1.29 is 14.3 Å². The number of benzene rings is 2. The lowest BCUT2D eigenvalue weighted by molar-refractivity contribution is 0.191. The number of ether oxygens (including phenoxy) is 2. The molecule has 0 saturated heterocycles. The van der Waals surface area contributed by atoms with E-state index in [9.17, 15) is 4.79 Å². The third-order valence-electron chi connectivity index (χ3n) is 5.51. The summed E-state index contributed by atoms with van der Waals surface area (Å²) in [6.45, 7) is 3.13. The first kappa shape index (κ1) is 21.7. The lowest BCUT2D eigenvalue weighted by Crippen LogP contribution is -2.41. The van der Waals surface area contributed by atoms with Crippen molar-refractivity contribution in [2.75, 3.05) is 13.7 Å². The molecule has 0 bridgehead atoms. The molecule has 1 N–H and O–H groups in total. The molecule has 0 radical (unpaired) electrons. The molecule has 7 heteroatoms. The minimum Gasteiger partial charge on any atom is -0.493 e. The maximum atomic E-state index is 12.9. The molecule has 168 valence electrons. The number of aromatic nitrogens is 2. The van der Waals surface area contributed by atoms with E-state index in [1.54, 1.807) is 11.8 Å². The van der Waals surface area contributed by atoms with E-state index >= 15 is 0 Å². The van der Waals surface area contributed by atoms with Gasteiger partial charge in [-0.15, -0.1) is 0 Å². The second-order valence-electron chi connectivity index (χ2n) is 7.97. The number of hydrogen-bond donors (Lipinski definition) is 1. The lowest BCUT2D eigenvalue weighted by Gasteiger charge is -2.23. The Labute approximate surface area is 188 Å². The van der Waals surface area contributed by atoms with E-state index in [0.29, 0.717) is 30.5 Å². The molecule has 1 fully saturated rings. The predicted molar refractivity (Wildman–Crippen MR) is 124 cm³/mol. The SMILES string of the molecule is CCCNC(=O)N(Cc1c(-c2ccccc2)nn(C)c1Oc1ccccc1OC)C1CC1. The Morgan fingerprint density at radius 3 is 2.47 bits per heavy atom. The van der Waals surface area contributed by atoms with Crippen LogP contribution in [0.4, 0.5) is 4.79 Å². The van der Waals surface area contributed by atoms with E-state index in [2.05, 4.69) is 12.2 Å². The normalized spacial score (nSPS) is 13.0. The number of rotatable bonds is 9. The number of carbonyl (C=O) groups is 1. The Morgan fingerprint density at radius 1 is 1.12 bits per heavy atom. The van der Waals surface area contributed by atoms with E-state index in [1.165, 1.54) is 0 Å². The highest BCUT2D eigenvalue weighted by molar-refractivity contribution is 5.76. The largest absolute Gasteiger partial charge is 0.493 e. The predicted octanol–water partition coefficient (Wildman–Crippen LogP) is 4.97. The molecule has 7 nitrogen and oxygen atoms in total. The van der Waals surface area contributed by atoms with E-state index in [-0.39, 0.29) is 12.1 Å². The Bertz CT molecular complexity index is 1060. The molecule has 1 aliphatic rings. The van der Waals surface area contributed by atoms with Crippen LogP contribution in [0.1, 0.15) is 31.7 Å². The van der Waals surface area contributed by atoms with Crippen LogP contribution < -0.4 is 14.8 Å². The molecular formula is C25H30N4O3. The minimum atomic E-state index is -0.0412. The van der Waals surface area contributed by atoms with Crippen LogP contribution in [0.2, 0.25) is 0 Å². The van der Waals surface area contributed by atoms with E-state index in [4.69, 9.17) is 14.6 Å². The number of hydrogen-bond acceptors (Lipinski definition) is 4. The van der Waals surface area contributed by atoms with Gasteiger partial charge < -0.3 is 19.7 Å². The maximum absolute atomic E-state index is 12.9. The first-order valence-corrected chi connectivity index (χ1v) is 11.1. The summed E-state index contributed by atoms with van der Waals surface area (Å²) in [5, 5.41) is 7.81. The van der Waals surface area contributed by atoms with Crippen molar-refractivity contribution >= 4 is 6.03 Å². The van der Waals surface area contributed by atoms with Crippen LogP contribution >= 0.6 is 0 Å². The second-order valence-corrected chi connectivity index (χ2v) is 7.97. The van der Waals surface area contributed by atoms with Gasteiger partial charge in [0.15, 0.2) is 11.5 Å². The van der Waals surface area contributed by atoms with Crippen LogP contribution in [-0.4, -0.2) is 40.4 Å². The van der Waals surface area contributed by atoms with E-state index in [0.717, 1.165) is 36.1 Å². The number of nitrogens with one attached hydrogen (secondary N) is 1. The third kappa shape index (κ3) is 4.72. The zero-order valence-electron chi connectivity index (χ0n) is 18.9. The lowest BCUT2D eigenvalue weighted by atomic mass is 10.1. The van der Waals surface area contributed by atoms with Gasteiger partial charge in [-0.1, -0.05) is 49.4 Å². The molecule has 0 aliphatic heterocycles. The second kappa shape index (κ2) is 9.77. The molecular weight excluding hydrogens is 404 g/mol. The molecule has 1 aliphatic carbocycles. The third-order valence-corrected chi connectivity index (χ3v) is 5.51. The van der Waals surface area contributed by atoms with Crippen LogP contribution in [0, 0.1) is 0 Å². The summed E-state index contributed by atoms with van der Waals surface area (Å²) in [4.78, 5) is 14.9. The Balaban J connectivity index is 1.75. The first-order valence-electron chi connectivity index (χ1n) is 11.1. The molecule has 0 spiro atoms. The smallest absolute Gasteiger partial charge is 0.317 e. The van der Waals surface area contributed by atoms with Gasteiger partial charge in [0, 0.05) is 25.2 Å². The number of methoxy groups -OCH3 is 1. The van der Waals surface area contributed by atoms with Gasteiger partial charge in [0.25, 0.3) is 0 Å². The van der Waals surface area contributed by atoms with Crippen LogP contribution in [0.25, 0.3) is 11.3 Å². The van der Waals surface area contributed by atoms with Crippen molar-refractivity contribution in [1.82, 2.24) is 20.0 Å². The Morgan fingerprint density at radius 2 is 1.81 bits per heavy atom. The molecule has 1 heterocycles. The fourth-order valence-corrected chi connectivity index (χ4v) is 3.71. The molecule has 2 aromatic carbocycles. The molecule has 0 atom stereocenters. The Kier molecular flexibility index (Phi) is 6.63. The molecule has 32 heavy (non-hydrogen) atoms. The summed E-state index contributed by atoms with van der Waals surface area (Å²) < 4.78 is 13.6. The monoisotopic (exact) mass is 434 g/mol. The number of urea groups is 1. The van der Waals surface area contributed by atoms with Gasteiger partial charge in [-0.05, 0) is 31.4 Å². The van der Waals surface area contributed by atoms with E-state index in [1.807, 2.05) is 66.5 Å².